The second-order valence-electron chi connectivity index (χ2n) is 6.54. The van der Waals surface area contributed by atoms with Gasteiger partial charge in [-0.3, -0.25) is 0 Å². The van der Waals surface area contributed by atoms with E-state index < -0.39 is 0 Å². The predicted octanol–water partition coefficient (Wildman–Crippen LogP) is 5.56. The van der Waals surface area contributed by atoms with Gasteiger partial charge in [-0.05, 0) is 44.1 Å². The minimum atomic E-state index is 0.278. The Kier molecular flexibility index (Phi) is 4.83. The molecule has 1 nitrogen and oxygen atoms in total. The maximum absolute atomic E-state index is 6.49. The Morgan fingerprint density at radius 1 is 1.00 bits per heavy atom. The molecule has 3 atom stereocenters. The Balaban J connectivity index is 1.70. The topological polar surface area (TPSA) is 9.23 Å². The van der Waals surface area contributed by atoms with Crippen molar-refractivity contribution in [3.63, 3.8) is 0 Å². The average molecular weight is 337 g/mol. The number of hydrogen-bond donors (Lipinski definition) is 0. The first kappa shape index (κ1) is 14.6. The fourth-order valence-corrected chi connectivity index (χ4v) is 4.42. The molecule has 0 radical (unpaired) electrons. The van der Waals surface area contributed by atoms with Crippen LogP contribution in [0.2, 0.25) is 0 Å². The number of hydrogen-bond acceptors (Lipinski definition) is 1. The smallest absolute Gasteiger partial charge is 0.0839 e. The van der Waals surface area contributed by atoms with E-state index in [-0.39, 0.29) is 6.10 Å². The first-order chi connectivity index (χ1) is 9.72. The monoisotopic (exact) mass is 336 g/mol. The van der Waals surface area contributed by atoms with Gasteiger partial charge in [0.15, 0.2) is 0 Å². The minimum absolute atomic E-state index is 0.278. The summed E-state index contributed by atoms with van der Waals surface area (Å²) in [6.07, 6.45) is 9.97. The second-order valence-corrected chi connectivity index (χ2v) is 7.84. The molecule has 0 unspecified atom stereocenters. The molecule has 0 spiro atoms. The number of rotatable bonds is 2. The van der Waals surface area contributed by atoms with Gasteiger partial charge in [-0.25, -0.2) is 0 Å². The highest BCUT2D eigenvalue weighted by molar-refractivity contribution is 9.09. The first-order valence-electron chi connectivity index (χ1n) is 8.08. The van der Waals surface area contributed by atoms with Crippen LogP contribution in [0.4, 0.5) is 0 Å². The van der Waals surface area contributed by atoms with Gasteiger partial charge in [0.1, 0.15) is 0 Å². The molecule has 2 aliphatic rings. The summed E-state index contributed by atoms with van der Waals surface area (Å²) in [5.41, 5.74) is 2.67. The normalized spacial score (nSPS) is 32.2. The summed E-state index contributed by atoms with van der Waals surface area (Å²) < 4.78 is 6.49. The summed E-state index contributed by atoms with van der Waals surface area (Å²) in [6.45, 7) is 2.14. The highest BCUT2D eigenvalue weighted by Gasteiger charge is 2.34. The fourth-order valence-electron chi connectivity index (χ4n) is 3.71. The van der Waals surface area contributed by atoms with E-state index in [4.69, 9.17) is 4.74 Å². The van der Waals surface area contributed by atoms with Crippen molar-refractivity contribution < 1.29 is 4.74 Å². The lowest BCUT2D eigenvalue weighted by molar-refractivity contribution is -0.0827. The van der Waals surface area contributed by atoms with Gasteiger partial charge < -0.3 is 4.74 Å². The first-order valence-corrected chi connectivity index (χ1v) is 9.00. The number of aryl methyl sites for hydroxylation is 1. The predicted molar refractivity (Wildman–Crippen MR) is 87.3 cm³/mol. The third-order valence-corrected chi connectivity index (χ3v) is 5.67. The van der Waals surface area contributed by atoms with Gasteiger partial charge in [0.2, 0.25) is 0 Å². The summed E-state index contributed by atoms with van der Waals surface area (Å²) in [5.74, 6) is 0.789. The van der Waals surface area contributed by atoms with Crippen LogP contribution in [0, 0.1) is 12.8 Å². The van der Waals surface area contributed by atoms with E-state index in [0.29, 0.717) is 10.9 Å². The van der Waals surface area contributed by atoms with Crippen molar-refractivity contribution in [2.45, 2.75) is 68.9 Å². The largest absolute Gasteiger partial charge is 0.370 e. The van der Waals surface area contributed by atoms with Gasteiger partial charge in [0, 0.05) is 4.83 Å². The zero-order valence-corrected chi connectivity index (χ0v) is 13.9. The Bertz CT molecular complexity index is 422. The highest BCUT2D eigenvalue weighted by Crippen LogP contribution is 2.40. The molecule has 1 heterocycles. The van der Waals surface area contributed by atoms with Crippen LogP contribution in [-0.2, 0) is 4.74 Å². The molecule has 3 rings (SSSR count). The molecular formula is C18H25BrO. The molecule has 20 heavy (non-hydrogen) atoms. The van der Waals surface area contributed by atoms with Gasteiger partial charge in [0.05, 0.1) is 12.2 Å². The summed E-state index contributed by atoms with van der Waals surface area (Å²) in [6, 6.07) is 8.88. The maximum Gasteiger partial charge on any atom is 0.0839 e. The number of benzene rings is 1. The molecule has 0 amide bonds. The molecule has 0 bridgehead atoms. The van der Waals surface area contributed by atoms with Crippen LogP contribution in [0.3, 0.4) is 0 Å². The van der Waals surface area contributed by atoms with Gasteiger partial charge >= 0.3 is 0 Å². The minimum Gasteiger partial charge on any atom is -0.370 e. The molecule has 1 aromatic carbocycles. The van der Waals surface area contributed by atoms with Crippen LogP contribution in [-0.4, -0.2) is 10.9 Å². The standard InChI is InChI=1S/C18H25BrO/c1-13-7-9-15(10-8-13)18-12-16(19)11-17(20-18)14-5-3-2-4-6-14/h7-10,14,16-18H,2-6,11-12H2,1H3/t16-,17-,18+/m0/s1. The van der Waals surface area contributed by atoms with Crippen molar-refractivity contribution in [3.8, 4) is 0 Å². The molecule has 110 valence electrons. The molecule has 1 saturated heterocycles. The lowest BCUT2D eigenvalue weighted by Crippen LogP contribution is -2.35. The van der Waals surface area contributed by atoms with Crippen LogP contribution in [0.15, 0.2) is 24.3 Å². The van der Waals surface area contributed by atoms with Crippen molar-refractivity contribution in [1.29, 1.82) is 0 Å². The van der Waals surface area contributed by atoms with E-state index in [1.807, 2.05) is 0 Å². The quantitative estimate of drug-likeness (QED) is 0.642. The second kappa shape index (κ2) is 6.62. The molecule has 1 aliphatic heterocycles. The van der Waals surface area contributed by atoms with Gasteiger partial charge in [-0.15, -0.1) is 0 Å². The Morgan fingerprint density at radius 2 is 1.70 bits per heavy atom. The molecule has 2 heteroatoms. The lowest BCUT2D eigenvalue weighted by Gasteiger charge is -2.39. The van der Waals surface area contributed by atoms with E-state index in [1.165, 1.54) is 49.7 Å². The molecule has 1 saturated carbocycles. The van der Waals surface area contributed by atoms with Crippen LogP contribution < -0.4 is 0 Å². The van der Waals surface area contributed by atoms with E-state index in [9.17, 15) is 0 Å². The summed E-state index contributed by atoms with van der Waals surface area (Å²) in [5, 5.41) is 0. The van der Waals surface area contributed by atoms with Crippen molar-refractivity contribution in [2.75, 3.05) is 0 Å². The molecule has 1 aromatic rings. The van der Waals surface area contributed by atoms with Crippen LogP contribution in [0.5, 0.6) is 0 Å². The number of alkyl halides is 1. The number of halogens is 1. The lowest BCUT2D eigenvalue weighted by atomic mass is 9.82. The van der Waals surface area contributed by atoms with Gasteiger partial charge in [-0.1, -0.05) is 65.0 Å². The molecule has 2 fully saturated rings. The Labute approximate surface area is 131 Å². The van der Waals surface area contributed by atoms with Crippen LogP contribution >= 0.6 is 15.9 Å². The van der Waals surface area contributed by atoms with Crippen molar-refractivity contribution in [1.82, 2.24) is 0 Å². The van der Waals surface area contributed by atoms with Gasteiger partial charge in [-0.2, -0.15) is 0 Å². The molecule has 0 N–H and O–H groups in total. The molecule has 1 aliphatic carbocycles. The summed E-state index contributed by atoms with van der Waals surface area (Å²) >= 11 is 3.87. The number of ether oxygens (including phenoxy) is 1. The van der Waals surface area contributed by atoms with Crippen molar-refractivity contribution >= 4 is 15.9 Å². The van der Waals surface area contributed by atoms with E-state index in [1.54, 1.807) is 0 Å². The maximum atomic E-state index is 6.49. The SMILES string of the molecule is Cc1ccc([C@H]2C[C@@H](Br)C[C@@H](C3CCCCC3)O2)cc1. The van der Waals surface area contributed by atoms with Crippen LogP contribution in [0.1, 0.15) is 62.2 Å². The third kappa shape index (κ3) is 3.46. The van der Waals surface area contributed by atoms with E-state index >= 15 is 0 Å². The zero-order valence-electron chi connectivity index (χ0n) is 12.4. The van der Waals surface area contributed by atoms with Gasteiger partial charge in [0.25, 0.3) is 0 Å². The van der Waals surface area contributed by atoms with Crippen molar-refractivity contribution in [2.24, 2.45) is 5.92 Å². The average Bonchev–Trinajstić information content (AvgIpc) is 2.48. The fraction of sp³-hybridized carbons (Fsp3) is 0.667. The molecular weight excluding hydrogens is 312 g/mol. The van der Waals surface area contributed by atoms with Crippen LogP contribution in [0.25, 0.3) is 0 Å². The third-order valence-electron chi connectivity index (χ3n) is 4.92. The summed E-state index contributed by atoms with van der Waals surface area (Å²) in [7, 11) is 0. The Hall–Kier alpha value is -0.340. The molecule has 0 aromatic heterocycles. The highest BCUT2D eigenvalue weighted by atomic mass is 79.9. The van der Waals surface area contributed by atoms with Crippen molar-refractivity contribution in [3.05, 3.63) is 35.4 Å². The summed E-state index contributed by atoms with van der Waals surface area (Å²) in [4.78, 5) is 0.606. The van der Waals surface area contributed by atoms with E-state index in [2.05, 4.69) is 47.1 Å². The van der Waals surface area contributed by atoms with E-state index in [0.717, 1.165) is 12.3 Å². The Morgan fingerprint density at radius 3 is 2.40 bits per heavy atom. The zero-order chi connectivity index (χ0) is 13.9.